The van der Waals surface area contributed by atoms with Crippen LogP contribution in [0.4, 0.5) is 0 Å². The fraction of sp³-hybridized carbons (Fsp3) is 0.846. The first kappa shape index (κ1) is 13.5. The van der Waals surface area contributed by atoms with Gasteiger partial charge in [0.2, 0.25) is 0 Å². The number of aromatic nitrogens is 3. The molecule has 0 amide bonds. The van der Waals surface area contributed by atoms with Crippen LogP contribution in [-0.2, 0) is 0 Å². The minimum absolute atomic E-state index is 0.242. The van der Waals surface area contributed by atoms with Gasteiger partial charge >= 0.3 is 0 Å². The molecule has 2 unspecified atom stereocenters. The number of likely N-dealkylation sites (tertiary alicyclic amines) is 1. The van der Waals surface area contributed by atoms with Gasteiger partial charge in [0, 0.05) is 6.04 Å². The maximum atomic E-state index is 4.20. The normalized spacial score (nSPS) is 21.9. The third-order valence-electron chi connectivity index (χ3n) is 4.14. The molecule has 1 aromatic rings. The molecule has 0 bridgehead atoms. The summed E-state index contributed by atoms with van der Waals surface area (Å²) >= 11 is 0. The van der Waals surface area contributed by atoms with E-state index in [0.29, 0.717) is 6.04 Å². The second-order valence-corrected chi connectivity index (χ2v) is 5.32. The molecule has 1 fully saturated rings. The molecule has 0 spiro atoms. The van der Waals surface area contributed by atoms with E-state index in [1.807, 2.05) is 0 Å². The summed E-state index contributed by atoms with van der Waals surface area (Å²) < 4.78 is 0. The molecule has 102 valence electrons. The van der Waals surface area contributed by atoms with Crippen molar-refractivity contribution in [1.82, 2.24) is 25.4 Å². The van der Waals surface area contributed by atoms with Gasteiger partial charge < -0.3 is 10.2 Å². The van der Waals surface area contributed by atoms with Crippen LogP contribution in [0, 0.1) is 5.92 Å². The minimum Gasteiger partial charge on any atom is -0.305 e. The lowest BCUT2D eigenvalue weighted by atomic mass is 9.90. The van der Waals surface area contributed by atoms with E-state index in [2.05, 4.69) is 46.2 Å². The van der Waals surface area contributed by atoms with Crippen molar-refractivity contribution in [2.24, 2.45) is 5.92 Å². The summed E-state index contributed by atoms with van der Waals surface area (Å²) in [4.78, 5) is 6.73. The van der Waals surface area contributed by atoms with E-state index in [4.69, 9.17) is 0 Å². The summed E-state index contributed by atoms with van der Waals surface area (Å²) in [5.41, 5.74) is 0. The van der Waals surface area contributed by atoms with Crippen LogP contribution in [-0.4, -0.2) is 45.8 Å². The zero-order chi connectivity index (χ0) is 13.0. The molecule has 2 rings (SSSR count). The molecule has 1 aromatic heterocycles. The number of hydrogen-bond acceptors (Lipinski definition) is 4. The Morgan fingerprint density at radius 1 is 1.44 bits per heavy atom. The number of rotatable bonds is 5. The monoisotopic (exact) mass is 251 g/mol. The van der Waals surface area contributed by atoms with Crippen molar-refractivity contribution in [2.45, 2.75) is 45.7 Å². The van der Waals surface area contributed by atoms with Gasteiger partial charge in [0.05, 0.1) is 6.04 Å². The first-order chi connectivity index (χ1) is 8.70. The summed E-state index contributed by atoms with van der Waals surface area (Å²) in [6.07, 6.45) is 4.16. The predicted octanol–water partition coefficient (Wildman–Crippen LogP) is 1.58. The molecule has 5 heteroatoms. The molecule has 1 aliphatic heterocycles. The summed E-state index contributed by atoms with van der Waals surface area (Å²) in [7, 11) is 0. The molecule has 0 aliphatic carbocycles. The zero-order valence-electron chi connectivity index (χ0n) is 11.7. The fourth-order valence-corrected chi connectivity index (χ4v) is 2.80. The van der Waals surface area contributed by atoms with Gasteiger partial charge in [-0.25, -0.2) is 4.98 Å². The average molecular weight is 251 g/mol. The van der Waals surface area contributed by atoms with Gasteiger partial charge in [0.1, 0.15) is 12.2 Å². The van der Waals surface area contributed by atoms with E-state index in [9.17, 15) is 0 Å². The van der Waals surface area contributed by atoms with E-state index >= 15 is 0 Å². The smallest absolute Gasteiger partial charge is 0.141 e. The maximum Gasteiger partial charge on any atom is 0.141 e. The zero-order valence-corrected chi connectivity index (χ0v) is 11.7. The Bertz CT molecular complexity index is 329. The van der Waals surface area contributed by atoms with Gasteiger partial charge in [-0.1, -0.05) is 6.92 Å². The van der Waals surface area contributed by atoms with Crippen molar-refractivity contribution in [1.29, 1.82) is 0 Å². The summed E-state index contributed by atoms with van der Waals surface area (Å²) in [6.45, 7) is 10.3. The minimum atomic E-state index is 0.242. The van der Waals surface area contributed by atoms with Crippen LogP contribution in [0.25, 0.3) is 0 Å². The Balaban J connectivity index is 1.80. The number of hydrogen-bond donors (Lipinski definition) is 2. The molecule has 2 N–H and O–H groups in total. The van der Waals surface area contributed by atoms with E-state index in [-0.39, 0.29) is 6.04 Å². The van der Waals surface area contributed by atoms with Gasteiger partial charge in [0.15, 0.2) is 0 Å². The van der Waals surface area contributed by atoms with Crippen molar-refractivity contribution in [3.05, 3.63) is 12.2 Å². The topological polar surface area (TPSA) is 56.8 Å². The van der Waals surface area contributed by atoms with E-state index < -0.39 is 0 Å². The molecule has 2 atom stereocenters. The molecule has 1 saturated heterocycles. The molecule has 0 saturated carbocycles. The number of piperidine rings is 1. The number of aromatic amines is 1. The van der Waals surface area contributed by atoms with Crippen molar-refractivity contribution in [2.75, 3.05) is 19.6 Å². The van der Waals surface area contributed by atoms with Crippen LogP contribution in [0.5, 0.6) is 0 Å². The molecule has 5 nitrogen and oxygen atoms in total. The quantitative estimate of drug-likeness (QED) is 0.834. The lowest BCUT2D eigenvalue weighted by Gasteiger charge is -2.35. The first-order valence-corrected chi connectivity index (χ1v) is 7.04. The molecule has 2 heterocycles. The van der Waals surface area contributed by atoms with Crippen molar-refractivity contribution in [3.8, 4) is 0 Å². The molecule has 0 radical (unpaired) electrons. The van der Waals surface area contributed by atoms with Crippen LogP contribution in [0.2, 0.25) is 0 Å². The Morgan fingerprint density at radius 3 is 2.72 bits per heavy atom. The number of H-pyrrole nitrogens is 1. The number of nitrogens with one attached hydrogen (secondary N) is 2. The highest BCUT2D eigenvalue weighted by Gasteiger charge is 2.24. The second kappa shape index (κ2) is 6.29. The van der Waals surface area contributed by atoms with E-state index in [1.54, 1.807) is 6.33 Å². The van der Waals surface area contributed by atoms with Gasteiger partial charge in [-0.05, 0) is 52.2 Å². The van der Waals surface area contributed by atoms with E-state index in [1.165, 1.54) is 32.5 Å². The van der Waals surface area contributed by atoms with Gasteiger partial charge in [0.25, 0.3) is 0 Å². The van der Waals surface area contributed by atoms with Gasteiger partial charge in [-0.3, -0.25) is 5.10 Å². The van der Waals surface area contributed by atoms with Crippen LogP contribution < -0.4 is 5.32 Å². The van der Waals surface area contributed by atoms with Gasteiger partial charge in [-0.15, -0.1) is 0 Å². The van der Waals surface area contributed by atoms with Crippen LogP contribution in [0.15, 0.2) is 6.33 Å². The van der Waals surface area contributed by atoms with Crippen molar-refractivity contribution < 1.29 is 0 Å². The van der Waals surface area contributed by atoms with Crippen LogP contribution >= 0.6 is 0 Å². The lowest BCUT2D eigenvalue weighted by molar-refractivity contribution is 0.164. The highest BCUT2D eigenvalue weighted by Crippen LogP contribution is 2.22. The van der Waals surface area contributed by atoms with E-state index in [0.717, 1.165) is 11.7 Å². The third-order valence-corrected chi connectivity index (χ3v) is 4.14. The Morgan fingerprint density at radius 2 is 2.17 bits per heavy atom. The Labute approximate surface area is 109 Å². The van der Waals surface area contributed by atoms with Gasteiger partial charge in [-0.2, -0.15) is 5.10 Å². The van der Waals surface area contributed by atoms with Crippen LogP contribution in [0.1, 0.15) is 45.5 Å². The SMILES string of the molecule is CCN1CCC(C(C)NC(C)c2ncn[nH]2)CC1. The molecular formula is C13H25N5. The highest BCUT2D eigenvalue weighted by molar-refractivity contribution is 4.91. The predicted molar refractivity (Wildman–Crippen MR) is 72.2 cm³/mol. The largest absolute Gasteiger partial charge is 0.305 e. The third kappa shape index (κ3) is 3.29. The summed E-state index contributed by atoms with van der Waals surface area (Å²) in [6, 6.07) is 0.774. The van der Waals surface area contributed by atoms with Crippen molar-refractivity contribution in [3.63, 3.8) is 0 Å². The molecule has 1 aliphatic rings. The maximum absolute atomic E-state index is 4.20. The second-order valence-electron chi connectivity index (χ2n) is 5.32. The first-order valence-electron chi connectivity index (χ1n) is 7.04. The van der Waals surface area contributed by atoms with Crippen molar-refractivity contribution >= 4 is 0 Å². The summed E-state index contributed by atoms with van der Waals surface area (Å²) in [5, 5.41) is 10.5. The molecule has 18 heavy (non-hydrogen) atoms. The lowest BCUT2D eigenvalue weighted by Crippen LogP contribution is -2.42. The Hall–Kier alpha value is -0.940. The fourth-order valence-electron chi connectivity index (χ4n) is 2.80. The Kier molecular flexibility index (Phi) is 4.72. The average Bonchev–Trinajstić information content (AvgIpc) is 2.92. The highest BCUT2D eigenvalue weighted by atomic mass is 15.2. The molecular weight excluding hydrogens is 226 g/mol. The number of nitrogens with zero attached hydrogens (tertiary/aromatic N) is 3. The van der Waals surface area contributed by atoms with Crippen LogP contribution in [0.3, 0.4) is 0 Å². The molecule has 0 aromatic carbocycles. The standard InChI is InChI=1S/C13H25N5/c1-4-18-7-5-12(6-8-18)10(2)16-11(3)13-14-9-15-17-13/h9-12,16H,4-8H2,1-3H3,(H,14,15,17). The summed E-state index contributed by atoms with van der Waals surface area (Å²) in [5.74, 6) is 1.70.